The highest BCUT2D eigenvalue weighted by molar-refractivity contribution is 5.96. The Balaban J connectivity index is 3.02. The lowest BCUT2D eigenvalue weighted by Gasteiger charge is -2.26. The fourth-order valence-electron chi connectivity index (χ4n) is 0. The molecule has 0 radical (unpaired) electrons. The van der Waals surface area contributed by atoms with Gasteiger partial charge in [-0.15, -0.1) is 0 Å². The summed E-state index contributed by atoms with van der Waals surface area (Å²) in [4.78, 5) is 0. The van der Waals surface area contributed by atoms with Crippen molar-refractivity contribution in [3.8, 4) is 0 Å². The summed E-state index contributed by atoms with van der Waals surface area (Å²) in [6.45, 7) is 0. The van der Waals surface area contributed by atoms with E-state index in [9.17, 15) is 0 Å². The van der Waals surface area contributed by atoms with Crippen LogP contribution in [0.1, 0.15) is 0 Å². The Morgan fingerprint density at radius 2 is 1.20 bits per heavy atom. The fourth-order valence-corrected chi connectivity index (χ4v) is 0. The minimum Gasteiger partial charge on any atom is -0.530 e. The van der Waals surface area contributed by atoms with E-state index < -0.39 is 0 Å². The topological polar surface area (TPSA) is 0 Å². The van der Waals surface area contributed by atoms with Crippen molar-refractivity contribution < 1.29 is 4.39 Å². The van der Waals surface area contributed by atoms with E-state index in [0.29, 0.717) is 7.98 Å². The van der Waals surface area contributed by atoms with E-state index in [0.717, 1.165) is 0 Å². The van der Waals surface area contributed by atoms with Crippen LogP contribution >= 0.6 is 0 Å². The Labute approximate surface area is 34.6 Å². The van der Waals surface area contributed by atoms with Gasteiger partial charge in [-0.25, -0.2) is 0 Å². The first-order chi connectivity index (χ1) is 2.00. The van der Waals surface area contributed by atoms with Crippen LogP contribution in [0.5, 0.6) is 0 Å². The first-order valence-corrected chi connectivity index (χ1v) is 1.34. The lowest BCUT2D eigenvalue weighted by atomic mass is 10.3. The zero-order valence-corrected chi connectivity index (χ0v) is 3.45. The third-order valence-corrected chi connectivity index (χ3v) is 0. The van der Waals surface area contributed by atoms with Crippen LogP contribution in [-0.4, -0.2) is 33.5 Å². The summed E-state index contributed by atoms with van der Waals surface area (Å²) in [6, 6.07) is 0. The third kappa shape index (κ3) is 26500. The van der Waals surface area contributed by atoms with Gasteiger partial charge in [-0.05, 0) is 0 Å². The molecule has 0 aromatic rings. The largest absolute Gasteiger partial charge is 0.530 e. The van der Waals surface area contributed by atoms with Crippen LogP contribution in [0.2, 0.25) is 0 Å². The Kier molecular flexibility index (Phi) is 1.02. The second-order valence-electron chi connectivity index (χ2n) is 1.34. The SMILES string of the molecule is [BH3-][N+](C)(C)C. The van der Waals surface area contributed by atoms with Crippen molar-refractivity contribution in [2.24, 2.45) is 0 Å². The summed E-state index contributed by atoms with van der Waals surface area (Å²) >= 11 is 0. The van der Waals surface area contributed by atoms with Crippen molar-refractivity contribution in [1.29, 1.82) is 0 Å². The molecule has 1 nitrogen and oxygen atoms in total. The molecule has 0 bridgehead atoms. The first kappa shape index (κ1) is 5.02. The molecule has 2 heteroatoms. The van der Waals surface area contributed by atoms with E-state index in [1.165, 1.54) is 4.39 Å². The van der Waals surface area contributed by atoms with Gasteiger partial charge in [0.25, 0.3) is 0 Å². The van der Waals surface area contributed by atoms with Crippen LogP contribution in [0.3, 0.4) is 0 Å². The maximum absolute atomic E-state index is 2.24. The van der Waals surface area contributed by atoms with E-state index in [1.807, 2.05) is 0 Å². The fraction of sp³-hybridized carbons (Fsp3) is 1.00. The van der Waals surface area contributed by atoms with Crippen molar-refractivity contribution in [2.45, 2.75) is 0 Å². The maximum atomic E-state index is 2.24. The number of hydrogen-bond donors (Lipinski definition) is 0. The average molecular weight is 72.9 g/mol. The minimum absolute atomic E-state index is 0.542. The van der Waals surface area contributed by atoms with Crippen LogP contribution in [0.4, 0.5) is 0 Å². The standard InChI is InChI=1S/C3H12BN/c1-5(2,3)4/h1-4H3. The van der Waals surface area contributed by atoms with E-state index in [2.05, 4.69) is 21.1 Å². The summed E-state index contributed by atoms with van der Waals surface area (Å²) in [5, 5.41) is 0. The summed E-state index contributed by atoms with van der Waals surface area (Å²) < 4.78 is 1.25. The number of nitrogens with zero attached hydrogens (tertiary/aromatic N) is 1. The quantitative estimate of drug-likeness (QED) is 0.322. The molecule has 0 saturated heterocycles. The molecule has 0 amide bonds. The van der Waals surface area contributed by atoms with Gasteiger partial charge in [-0.1, -0.05) is 0 Å². The molecule has 0 aromatic carbocycles. The highest BCUT2D eigenvalue weighted by atomic mass is 15.2. The van der Waals surface area contributed by atoms with Crippen molar-refractivity contribution >= 4 is 7.98 Å². The van der Waals surface area contributed by atoms with Gasteiger partial charge in [0.1, 0.15) is 0 Å². The van der Waals surface area contributed by atoms with Gasteiger partial charge >= 0.3 is 0 Å². The maximum Gasteiger partial charge on any atom is 0.168 e. The summed E-state index contributed by atoms with van der Waals surface area (Å²) in [7, 11) is 7.25. The normalized spacial score (nSPS) is 12.0. The summed E-state index contributed by atoms with van der Waals surface area (Å²) in [5.41, 5.74) is 0. The third-order valence-electron chi connectivity index (χ3n) is 0. The predicted molar refractivity (Wildman–Crippen MR) is 28.0 cm³/mol. The molecular formula is C3H12BN. The van der Waals surface area contributed by atoms with Gasteiger partial charge < -0.3 is 4.39 Å². The van der Waals surface area contributed by atoms with E-state index in [4.69, 9.17) is 0 Å². The number of hydrogen-bond acceptors (Lipinski definition) is 0. The molecule has 0 aliphatic carbocycles. The lowest BCUT2D eigenvalue weighted by Crippen LogP contribution is -2.29. The monoisotopic (exact) mass is 73.1 g/mol. The zero-order valence-electron chi connectivity index (χ0n) is 3.45. The predicted octanol–water partition coefficient (Wildman–Crippen LogP) is -1.03. The van der Waals surface area contributed by atoms with E-state index in [1.54, 1.807) is 0 Å². The molecule has 0 aliphatic rings. The lowest BCUT2D eigenvalue weighted by molar-refractivity contribution is -0.749. The van der Waals surface area contributed by atoms with Crippen molar-refractivity contribution in [2.75, 3.05) is 21.1 Å². The van der Waals surface area contributed by atoms with Crippen molar-refractivity contribution in [1.82, 2.24) is 0 Å². The Hall–Kier alpha value is 0.0249. The molecule has 0 aliphatic heterocycles. The highest BCUT2D eigenvalue weighted by Gasteiger charge is 1.79. The van der Waals surface area contributed by atoms with Crippen LogP contribution in [0.15, 0.2) is 0 Å². The van der Waals surface area contributed by atoms with Crippen LogP contribution < -0.4 is 0 Å². The van der Waals surface area contributed by atoms with E-state index in [-0.39, 0.29) is 0 Å². The summed E-state index contributed by atoms with van der Waals surface area (Å²) in [6.07, 6.45) is 0. The molecule has 0 aromatic heterocycles. The molecule has 0 atom stereocenters. The van der Waals surface area contributed by atoms with Gasteiger partial charge in [0.15, 0.2) is 7.98 Å². The molecule has 0 fully saturated rings. The number of rotatable bonds is 0. The van der Waals surface area contributed by atoms with Gasteiger partial charge in [0.2, 0.25) is 0 Å². The molecular weight excluding hydrogens is 60.9 g/mol. The molecule has 0 heterocycles. The van der Waals surface area contributed by atoms with Gasteiger partial charge in [-0.2, -0.15) is 0 Å². The smallest absolute Gasteiger partial charge is 0.168 e. The van der Waals surface area contributed by atoms with Gasteiger partial charge in [0, 0.05) is 21.1 Å². The minimum atomic E-state index is 0.542. The Morgan fingerprint density at radius 1 is 1.20 bits per heavy atom. The van der Waals surface area contributed by atoms with Crippen LogP contribution in [0, 0.1) is 0 Å². The second kappa shape index (κ2) is 1.01. The molecule has 32 valence electrons. The van der Waals surface area contributed by atoms with Crippen molar-refractivity contribution in [3.05, 3.63) is 0 Å². The molecule has 0 N–H and O–H groups in total. The molecule has 0 spiro atoms. The molecule has 0 saturated carbocycles. The van der Waals surface area contributed by atoms with Crippen LogP contribution in [0.25, 0.3) is 0 Å². The van der Waals surface area contributed by atoms with E-state index >= 15 is 0 Å². The number of quaternary nitrogens is 1. The first-order valence-electron chi connectivity index (χ1n) is 1.34. The van der Waals surface area contributed by atoms with Gasteiger partial charge in [0.05, 0.1) is 0 Å². The molecule has 0 unspecified atom stereocenters. The van der Waals surface area contributed by atoms with Crippen LogP contribution in [-0.2, 0) is 0 Å². The molecule has 5 heavy (non-hydrogen) atoms. The van der Waals surface area contributed by atoms with Gasteiger partial charge in [-0.3, -0.25) is 0 Å². The Bertz CT molecular complexity index is 22.4. The zero-order chi connectivity index (χ0) is 4.50. The average Bonchev–Trinajstić information content (AvgIpc) is 0.722. The van der Waals surface area contributed by atoms with Crippen molar-refractivity contribution in [3.63, 3.8) is 0 Å². The highest BCUT2D eigenvalue weighted by Crippen LogP contribution is 1.71. The molecule has 0 rings (SSSR count). The Morgan fingerprint density at radius 3 is 1.20 bits per heavy atom. The second-order valence-corrected chi connectivity index (χ2v) is 1.34. The summed E-state index contributed by atoms with van der Waals surface area (Å²) in [5.74, 6) is 0.